The Bertz CT molecular complexity index is 665. The average molecular weight is 389 g/mol. The van der Waals surface area contributed by atoms with E-state index in [1.807, 2.05) is 32.6 Å². The van der Waals surface area contributed by atoms with Gasteiger partial charge < -0.3 is 18.9 Å². The van der Waals surface area contributed by atoms with Crippen molar-refractivity contribution in [2.24, 2.45) is 5.92 Å². The van der Waals surface area contributed by atoms with E-state index in [-0.39, 0.29) is 17.1 Å². The van der Waals surface area contributed by atoms with Crippen LogP contribution in [0.25, 0.3) is 0 Å². The van der Waals surface area contributed by atoms with Gasteiger partial charge in [-0.15, -0.1) is 0 Å². The zero-order valence-corrected chi connectivity index (χ0v) is 17.7. The van der Waals surface area contributed by atoms with Crippen LogP contribution in [-0.2, 0) is 14.1 Å². The lowest BCUT2D eigenvalue weighted by molar-refractivity contribution is -0.130. The van der Waals surface area contributed by atoms with Gasteiger partial charge in [-0.2, -0.15) is 0 Å². The fraction of sp³-hybridized carbons (Fsp3) is 0.750. The number of hydrogen-bond acceptors (Lipinski definition) is 6. The van der Waals surface area contributed by atoms with Gasteiger partial charge >= 0.3 is 13.1 Å². The van der Waals surface area contributed by atoms with Gasteiger partial charge in [0.1, 0.15) is 0 Å². The minimum atomic E-state index is -0.463. The Hall–Kier alpha value is -1.67. The summed E-state index contributed by atoms with van der Waals surface area (Å²) in [6.07, 6.45) is 7.67. The molecule has 1 aromatic heterocycles. The van der Waals surface area contributed by atoms with Crippen LogP contribution in [0.3, 0.4) is 0 Å². The number of hydrogen-bond donors (Lipinski definition) is 0. The predicted molar refractivity (Wildman–Crippen MR) is 107 cm³/mol. The van der Waals surface area contributed by atoms with Crippen molar-refractivity contribution in [1.29, 1.82) is 0 Å². The summed E-state index contributed by atoms with van der Waals surface area (Å²) >= 11 is 0. The Kier molecular flexibility index (Phi) is 6.29. The number of likely N-dealkylation sites (tertiary alicyclic amines) is 1. The first-order chi connectivity index (χ1) is 13.2. The quantitative estimate of drug-likeness (QED) is 0.549. The monoisotopic (exact) mass is 389 g/mol. The molecule has 2 saturated heterocycles. The maximum absolute atomic E-state index is 11.5. The molecule has 3 heterocycles. The molecule has 2 aliphatic rings. The summed E-state index contributed by atoms with van der Waals surface area (Å²) in [5, 5.41) is 0. The molecule has 8 heteroatoms. The molecule has 2 fully saturated rings. The van der Waals surface area contributed by atoms with Crippen LogP contribution < -0.4 is 10.2 Å². The molecule has 0 aliphatic carbocycles. The minimum Gasteiger partial charge on any atom is -0.463 e. The Balaban J connectivity index is 1.42. The maximum atomic E-state index is 11.5. The summed E-state index contributed by atoms with van der Waals surface area (Å²) in [7, 11) is -0.463. The second kappa shape index (κ2) is 8.37. The summed E-state index contributed by atoms with van der Waals surface area (Å²) in [4.78, 5) is 22.1. The molecule has 28 heavy (non-hydrogen) atoms. The van der Waals surface area contributed by atoms with Crippen LogP contribution >= 0.6 is 0 Å². The van der Waals surface area contributed by atoms with Crippen LogP contribution in [0.4, 0.5) is 0 Å². The summed E-state index contributed by atoms with van der Waals surface area (Å²) < 4.78 is 17.7. The molecule has 3 rings (SSSR count). The van der Waals surface area contributed by atoms with E-state index >= 15 is 0 Å². The van der Waals surface area contributed by atoms with Gasteiger partial charge in [0.15, 0.2) is 0 Å². The van der Waals surface area contributed by atoms with Crippen LogP contribution in [0.15, 0.2) is 12.4 Å². The average Bonchev–Trinajstić information content (AvgIpc) is 2.87. The molecule has 0 bridgehead atoms. The lowest BCUT2D eigenvalue weighted by Crippen LogP contribution is -2.41. The molecule has 1 unspecified atom stereocenters. The molecule has 154 valence electrons. The van der Waals surface area contributed by atoms with E-state index in [9.17, 15) is 4.79 Å². The molecule has 0 radical (unpaired) electrons. The lowest BCUT2D eigenvalue weighted by atomic mass is 9.81. The number of aromatic nitrogens is 2. The standard InChI is InChI=1S/C20H32BN3O4/c1-15(25)24-10-6-8-16(14-24)9-7-11-26-18-22-12-17(13-23-18)21-27-19(2,3)20(4,5)28-21/h12-13,16H,6-11,14H2,1-5H3. The van der Waals surface area contributed by atoms with Crippen molar-refractivity contribution in [3.8, 4) is 6.01 Å². The zero-order chi connectivity index (χ0) is 20.4. The molecule has 0 N–H and O–H groups in total. The second-order valence-electron chi connectivity index (χ2n) is 8.85. The van der Waals surface area contributed by atoms with Crippen LogP contribution in [0, 0.1) is 5.92 Å². The molecule has 1 amide bonds. The molecule has 1 atom stereocenters. The van der Waals surface area contributed by atoms with Gasteiger partial charge in [-0.05, 0) is 59.3 Å². The van der Waals surface area contributed by atoms with E-state index in [0.29, 0.717) is 18.5 Å². The van der Waals surface area contributed by atoms with E-state index in [4.69, 9.17) is 14.0 Å². The number of carbonyl (C=O) groups excluding carboxylic acids is 1. The van der Waals surface area contributed by atoms with Gasteiger partial charge in [-0.3, -0.25) is 4.79 Å². The number of ether oxygens (including phenoxy) is 1. The highest BCUT2D eigenvalue weighted by Crippen LogP contribution is 2.36. The van der Waals surface area contributed by atoms with E-state index in [1.165, 1.54) is 6.42 Å². The number of amides is 1. The Labute approximate surface area is 168 Å². The third-order valence-electron chi connectivity index (χ3n) is 6.13. The fourth-order valence-electron chi connectivity index (χ4n) is 3.62. The molecule has 0 spiro atoms. The Morgan fingerprint density at radius 1 is 1.25 bits per heavy atom. The summed E-state index contributed by atoms with van der Waals surface area (Å²) in [5.41, 5.74) is 0.0194. The highest BCUT2D eigenvalue weighted by atomic mass is 16.7. The van der Waals surface area contributed by atoms with Crippen molar-refractivity contribution in [2.45, 2.75) is 71.5 Å². The SMILES string of the molecule is CC(=O)N1CCCC(CCCOc2ncc(B3OC(C)(C)C(C)(C)O3)cn2)C1. The van der Waals surface area contributed by atoms with Gasteiger partial charge in [0.25, 0.3) is 0 Å². The molecular weight excluding hydrogens is 357 g/mol. The van der Waals surface area contributed by atoms with Crippen molar-refractivity contribution >= 4 is 18.5 Å². The molecule has 7 nitrogen and oxygen atoms in total. The fourth-order valence-corrected chi connectivity index (χ4v) is 3.62. The largest absolute Gasteiger partial charge is 0.498 e. The third-order valence-corrected chi connectivity index (χ3v) is 6.13. The van der Waals surface area contributed by atoms with Gasteiger partial charge in [0, 0.05) is 37.9 Å². The van der Waals surface area contributed by atoms with Crippen molar-refractivity contribution in [3.63, 3.8) is 0 Å². The number of nitrogens with zero attached hydrogens (tertiary/aromatic N) is 3. The van der Waals surface area contributed by atoms with E-state index in [1.54, 1.807) is 19.3 Å². The summed E-state index contributed by atoms with van der Waals surface area (Å²) in [6.45, 7) is 12.1. The van der Waals surface area contributed by atoms with E-state index in [2.05, 4.69) is 9.97 Å². The molecule has 0 saturated carbocycles. The number of piperidine rings is 1. The first-order valence-electron chi connectivity index (χ1n) is 10.2. The molecular formula is C20H32BN3O4. The third kappa shape index (κ3) is 4.84. The Morgan fingerprint density at radius 2 is 1.89 bits per heavy atom. The van der Waals surface area contributed by atoms with Crippen molar-refractivity contribution in [2.75, 3.05) is 19.7 Å². The van der Waals surface area contributed by atoms with Crippen LogP contribution in [0.2, 0.25) is 0 Å². The summed E-state index contributed by atoms with van der Waals surface area (Å²) in [6, 6.07) is 0.370. The van der Waals surface area contributed by atoms with Gasteiger partial charge in [0.05, 0.1) is 17.8 Å². The topological polar surface area (TPSA) is 73.8 Å². The highest BCUT2D eigenvalue weighted by molar-refractivity contribution is 6.61. The summed E-state index contributed by atoms with van der Waals surface area (Å²) in [5.74, 6) is 0.740. The van der Waals surface area contributed by atoms with Crippen LogP contribution in [-0.4, -0.2) is 58.8 Å². The maximum Gasteiger partial charge on any atom is 0.498 e. The zero-order valence-electron chi connectivity index (χ0n) is 17.7. The van der Waals surface area contributed by atoms with E-state index in [0.717, 1.165) is 37.8 Å². The van der Waals surface area contributed by atoms with Crippen molar-refractivity contribution in [3.05, 3.63) is 12.4 Å². The van der Waals surface area contributed by atoms with Crippen LogP contribution in [0.5, 0.6) is 6.01 Å². The normalized spacial score (nSPS) is 23.7. The highest BCUT2D eigenvalue weighted by Gasteiger charge is 2.51. The van der Waals surface area contributed by atoms with Crippen molar-refractivity contribution < 1.29 is 18.8 Å². The van der Waals surface area contributed by atoms with Crippen LogP contribution in [0.1, 0.15) is 60.3 Å². The molecule has 2 aliphatic heterocycles. The van der Waals surface area contributed by atoms with E-state index < -0.39 is 7.12 Å². The van der Waals surface area contributed by atoms with Gasteiger partial charge in [-0.1, -0.05) is 0 Å². The number of rotatable bonds is 6. The minimum absolute atomic E-state index is 0.177. The lowest BCUT2D eigenvalue weighted by Gasteiger charge is -2.32. The Morgan fingerprint density at radius 3 is 2.50 bits per heavy atom. The second-order valence-corrected chi connectivity index (χ2v) is 8.85. The smallest absolute Gasteiger partial charge is 0.463 e. The first-order valence-corrected chi connectivity index (χ1v) is 10.2. The van der Waals surface area contributed by atoms with Gasteiger partial charge in [0.2, 0.25) is 5.91 Å². The first kappa shape index (κ1) is 21.1. The van der Waals surface area contributed by atoms with Gasteiger partial charge in [-0.25, -0.2) is 9.97 Å². The molecule has 1 aromatic rings. The predicted octanol–water partition coefficient (Wildman–Crippen LogP) is 2.19. The molecule has 0 aromatic carbocycles. The van der Waals surface area contributed by atoms with Crippen molar-refractivity contribution in [1.82, 2.24) is 14.9 Å². The number of carbonyl (C=O) groups is 1.